The maximum absolute atomic E-state index is 12.6. The predicted octanol–water partition coefficient (Wildman–Crippen LogP) is 4.01. The molecule has 4 N–H and O–H groups in total. The maximum Gasteiger partial charge on any atom is 0.323 e. The van der Waals surface area contributed by atoms with E-state index in [-0.39, 0.29) is 12.3 Å². The van der Waals surface area contributed by atoms with E-state index in [1.54, 1.807) is 44.2 Å². The molecule has 28 heavy (non-hydrogen) atoms. The fourth-order valence-corrected chi connectivity index (χ4v) is 2.57. The van der Waals surface area contributed by atoms with Gasteiger partial charge in [0.1, 0.15) is 0 Å². The fraction of sp³-hybridized carbons (Fsp3) is 0.286. The highest BCUT2D eigenvalue weighted by molar-refractivity contribution is 6.02. The minimum Gasteiger partial charge on any atom is -0.481 e. The summed E-state index contributed by atoms with van der Waals surface area (Å²) < 4.78 is 0. The molecule has 0 saturated heterocycles. The molecule has 2 aromatic rings. The summed E-state index contributed by atoms with van der Waals surface area (Å²) in [5, 5.41) is 17.1. The molecule has 0 spiro atoms. The molecule has 0 unspecified atom stereocenters. The molecule has 7 nitrogen and oxygen atoms in total. The van der Waals surface area contributed by atoms with Crippen molar-refractivity contribution in [2.75, 3.05) is 10.6 Å². The SMILES string of the molecule is Cc1ccc(C(=O)NC(C)(C)CCC(=O)O)cc1NC(=O)Nc1ccccc1. The summed E-state index contributed by atoms with van der Waals surface area (Å²) >= 11 is 0. The Morgan fingerprint density at radius 2 is 1.68 bits per heavy atom. The van der Waals surface area contributed by atoms with E-state index in [9.17, 15) is 14.4 Å². The van der Waals surface area contributed by atoms with Gasteiger partial charge in [-0.25, -0.2) is 4.79 Å². The molecule has 0 aromatic heterocycles. The number of benzene rings is 2. The summed E-state index contributed by atoms with van der Waals surface area (Å²) in [5.41, 5.74) is 1.70. The van der Waals surface area contributed by atoms with Crippen molar-refractivity contribution in [1.82, 2.24) is 5.32 Å². The van der Waals surface area contributed by atoms with Crippen LogP contribution in [0.2, 0.25) is 0 Å². The van der Waals surface area contributed by atoms with Crippen molar-refractivity contribution in [1.29, 1.82) is 0 Å². The number of hydrogen-bond acceptors (Lipinski definition) is 3. The first kappa shape index (κ1) is 21.0. The van der Waals surface area contributed by atoms with Gasteiger partial charge in [-0.3, -0.25) is 9.59 Å². The maximum atomic E-state index is 12.6. The highest BCUT2D eigenvalue weighted by atomic mass is 16.4. The Morgan fingerprint density at radius 3 is 2.32 bits per heavy atom. The van der Waals surface area contributed by atoms with Crippen LogP contribution in [0.25, 0.3) is 0 Å². The quantitative estimate of drug-likeness (QED) is 0.579. The molecule has 0 bridgehead atoms. The van der Waals surface area contributed by atoms with Gasteiger partial charge >= 0.3 is 12.0 Å². The summed E-state index contributed by atoms with van der Waals surface area (Å²) in [4.78, 5) is 35.5. The lowest BCUT2D eigenvalue weighted by Crippen LogP contribution is -2.43. The van der Waals surface area contributed by atoms with Crippen molar-refractivity contribution in [2.45, 2.75) is 39.2 Å². The summed E-state index contributed by atoms with van der Waals surface area (Å²) in [6.07, 6.45) is 0.276. The number of aryl methyl sites for hydroxylation is 1. The first-order valence-electron chi connectivity index (χ1n) is 8.94. The number of carboxylic acids is 1. The Bertz CT molecular complexity index is 863. The number of nitrogens with one attached hydrogen (secondary N) is 3. The molecule has 0 saturated carbocycles. The van der Waals surface area contributed by atoms with Crippen molar-refractivity contribution < 1.29 is 19.5 Å². The highest BCUT2D eigenvalue weighted by Crippen LogP contribution is 2.19. The van der Waals surface area contributed by atoms with E-state index < -0.39 is 17.5 Å². The molecule has 7 heteroatoms. The number of para-hydroxylation sites is 1. The van der Waals surface area contributed by atoms with Crippen LogP contribution < -0.4 is 16.0 Å². The number of carboxylic acid groups (broad SMARTS) is 1. The van der Waals surface area contributed by atoms with Gasteiger partial charge in [0.25, 0.3) is 5.91 Å². The zero-order valence-electron chi connectivity index (χ0n) is 16.2. The molecule has 0 heterocycles. The lowest BCUT2D eigenvalue weighted by molar-refractivity contribution is -0.137. The third-order valence-corrected chi connectivity index (χ3v) is 4.20. The second kappa shape index (κ2) is 9.03. The highest BCUT2D eigenvalue weighted by Gasteiger charge is 2.22. The van der Waals surface area contributed by atoms with Crippen LogP contribution in [-0.4, -0.2) is 28.6 Å². The Hall–Kier alpha value is -3.35. The van der Waals surface area contributed by atoms with E-state index >= 15 is 0 Å². The van der Waals surface area contributed by atoms with Crippen LogP contribution in [0.5, 0.6) is 0 Å². The third kappa shape index (κ3) is 6.42. The molecule has 0 atom stereocenters. The van der Waals surface area contributed by atoms with Crippen LogP contribution in [0.3, 0.4) is 0 Å². The number of anilines is 2. The Kier molecular flexibility index (Phi) is 6.76. The van der Waals surface area contributed by atoms with E-state index in [4.69, 9.17) is 5.11 Å². The predicted molar refractivity (Wildman–Crippen MR) is 109 cm³/mol. The summed E-state index contributed by atoms with van der Waals surface area (Å²) in [6.45, 7) is 5.37. The van der Waals surface area contributed by atoms with Crippen LogP contribution in [0, 0.1) is 6.92 Å². The molecule has 2 rings (SSSR count). The minimum absolute atomic E-state index is 0.0341. The van der Waals surface area contributed by atoms with Crippen LogP contribution in [0.15, 0.2) is 48.5 Å². The standard InChI is InChI=1S/C21H25N3O4/c1-14-9-10-15(19(27)24-21(2,3)12-11-18(25)26)13-17(14)23-20(28)22-16-7-5-4-6-8-16/h4-10,13H,11-12H2,1-3H3,(H,24,27)(H,25,26)(H2,22,23,28). The van der Waals surface area contributed by atoms with Gasteiger partial charge < -0.3 is 21.1 Å². The molecule has 0 aliphatic heterocycles. The average Bonchev–Trinajstić information content (AvgIpc) is 2.62. The molecule has 0 aliphatic rings. The Balaban J connectivity index is 2.06. The monoisotopic (exact) mass is 383 g/mol. The zero-order chi connectivity index (χ0) is 20.7. The summed E-state index contributed by atoms with van der Waals surface area (Å²) in [7, 11) is 0. The van der Waals surface area contributed by atoms with Gasteiger partial charge in [-0.05, 0) is 57.0 Å². The summed E-state index contributed by atoms with van der Waals surface area (Å²) in [6, 6.07) is 13.6. The molecular weight excluding hydrogens is 358 g/mol. The van der Waals surface area contributed by atoms with Crippen molar-refractivity contribution in [3.63, 3.8) is 0 Å². The lowest BCUT2D eigenvalue weighted by Gasteiger charge is -2.26. The van der Waals surface area contributed by atoms with Crippen molar-refractivity contribution >= 4 is 29.3 Å². The number of amides is 3. The molecule has 3 amide bonds. The normalized spacial score (nSPS) is 10.8. The average molecular weight is 383 g/mol. The van der Waals surface area contributed by atoms with Crippen LogP contribution in [0.1, 0.15) is 42.6 Å². The van der Waals surface area contributed by atoms with E-state index in [1.165, 1.54) is 0 Å². The van der Waals surface area contributed by atoms with Crippen molar-refractivity contribution in [3.05, 3.63) is 59.7 Å². The second-order valence-electron chi connectivity index (χ2n) is 7.21. The number of aliphatic carboxylic acids is 1. The number of rotatable bonds is 7. The van der Waals surface area contributed by atoms with Crippen LogP contribution >= 0.6 is 0 Å². The lowest BCUT2D eigenvalue weighted by atomic mass is 9.97. The van der Waals surface area contributed by atoms with Crippen molar-refractivity contribution in [2.24, 2.45) is 0 Å². The fourth-order valence-electron chi connectivity index (χ4n) is 2.57. The number of carbonyl (C=O) groups is 3. The largest absolute Gasteiger partial charge is 0.481 e. The molecule has 148 valence electrons. The molecule has 2 aromatic carbocycles. The van der Waals surface area contributed by atoms with Gasteiger partial charge in [0.15, 0.2) is 0 Å². The first-order chi connectivity index (χ1) is 13.2. The molecular formula is C21H25N3O4. The van der Waals surface area contributed by atoms with Gasteiger partial charge in [-0.2, -0.15) is 0 Å². The zero-order valence-corrected chi connectivity index (χ0v) is 16.2. The molecule has 0 aliphatic carbocycles. The molecule has 0 radical (unpaired) electrons. The van der Waals surface area contributed by atoms with E-state index in [2.05, 4.69) is 16.0 Å². The first-order valence-corrected chi connectivity index (χ1v) is 8.94. The topological polar surface area (TPSA) is 108 Å². The van der Waals surface area contributed by atoms with Gasteiger partial charge in [-0.15, -0.1) is 0 Å². The smallest absolute Gasteiger partial charge is 0.323 e. The van der Waals surface area contributed by atoms with E-state index in [1.807, 2.05) is 25.1 Å². The second-order valence-corrected chi connectivity index (χ2v) is 7.21. The van der Waals surface area contributed by atoms with Crippen molar-refractivity contribution in [3.8, 4) is 0 Å². The van der Waals surface area contributed by atoms with Gasteiger partial charge in [0.05, 0.1) is 0 Å². The number of carbonyl (C=O) groups excluding carboxylic acids is 2. The molecule has 0 fully saturated rings. The van der Waals surface area contributed by atoms with E-state index in [0.717, 1.165) is 5.56 Å². The number of urea groups is 1. The van der Waals surface area contributed by atoms with E-state index in [0.29, 0.717) is 23.4 Å². The van der Waals surface area contributed by atoms with Gasteiger partial charge in [-0.1, -0.05) is 24.3 Å². The number of hydrogen-bond donors (Lipinski definition) is 4. The third-order valence-electron chi connectivity index (χ3n) is 4.20. The Morgan fingerprint density at radius 1 is 1.00 bits per heavy atom. The summed E-state index contributed by atoms with van der Waals surface area (Å²) in [5.74, 6) is -1.24. The van der Waals surface area contributed by atoms with Crippen LogP contribution in [0.4, 0.5) is 16.2 Å². The minimum atomic E-state index is -0.909. The van der Waals surface area contributed by atoms with Gasteiger partial charge in [0, 0.05) is 28.9 Å². The van der Waals surface area contributed by atoms with Crippen LogP contribution in [-0.2, 0) is 4.79 Å². The van der Waals surface area contributed by atoms with Gasteiger partial charge in [0.2, 0.25) is 0 Å². The Labute approximate surface area is 164 Å².